The van der Waals surface area contributed by atoms with Crippen LogP contribution in [0.25, 0.3) is 0 Å². The summed E-state index contributed by atoms with van der Waals surface area (Å²) in [7, 11) is 0. The molecule has 0 radical (unpaired) electrons. The first kappa shape index (κ1) is 21.6. The van der Waals surface area contributed by atoms with Crippen molar-refractivity contribution in [3.63, 3.8) is 0 Å². The van der Waals surface area contributed by atoms with Crippen LogP contribution in [0.3, 0.4) is 0 Å². The molecule has 0 saturated carbocycles. The predicted octanol–water partition coefficient (Wildman–Crippen LogP) is 3.44. The summed E-state index contributed by atoms with van der Waals surface area (Å²) >= 11 is 5.99. The Hall–Kier alpha value is -2.15. The zero-order valence-electron chi connectivity index (χ0n) is 16.8. The molecule has 2 atom stereocenters. The van der Waals surface area contributed by atoms with Crippen molar-refractivity contribution in [3.8, 4) is 5.75 Å². The Morgan fingerprint density at radius 1 is 1.17 bits per heavy atom. The number of nitrogens with two attached hydrogens (primary N) is 1. The molecule has 3 rings (SSSR count). The van der Waals surface area contributed by atoms with Crippen molar-refractivity contribution in [2.24, 2.45) is 5.73 Å². The molecular weight excluding hydrogens is 393 g/mol. The first-order valence-electron chi connectivity index (χ1n) is 9.76. The number of carbonyl (C=O) groups is 1. The zero-order chi connectivity index (χ0) is 21.0. The summed E-state index contributed by atoms with van der Waals surface area (Å²) in [5.74, 6) is 0.300. The van der Waals surface area contributed by atoms with Crippen LogP contribution in [-0.4, -0.2) is 47.5 Å². The van der Waals surface area contributed by atoms with E-state index < -0.39 is 0 Å². The number of piperazine rings is 1. The van der Waals surface area contributed by atoms with Gasteiger partial charge in [0.1, 0.15) is 11.6 Å². The normalized spacial score (nSPS) is 20.0. The molecule has 2 aromatic rings. The molecule has 7 heteroatoms. The van der Waals surface area contributed by atoms with Crippen molar-refractivity contribution >= 4 is 17.5 Å². The second-order valence-corrected chi connectivity index (χ2v) is 7.98. The molecule has 0 aliphatic carbocycles. The van der Waals surface area contributed by atoms with Gasteiger partial charge < -0.3 is 15.4 Å². The monoisotopic (exact) mass is 419 g/mol. The second-order valence-electron chi connectivity index (χ2n) is 7.54. The Morgan fingerprint density at radius 2 is 1.90 bits per heavy atom. The van der Waals surface area contributed by atoms with E-state index in [1.54, 1.807) is 30.3 Å². The van der Waals surface area contributed by atoms with Crippen molar-refractivity contribution < 1.29 is 13.9 Å². The van der Waals surface area contributed by atoms with Gasteiger partial charge in [-0.25, -0.2) is 4.39 Å². The van der Waals surface area contributed by atoms with Crippen molar-refractivity contribution in [2.45, 2.75) is 39.0 Å². The standard InChI is InChI=1S/C22H27ClFN3O2/c1-15-12-27(16(2)11-26(15)13-17-3-6-20(24)7-4-17)22(28)14-29-21-8-5-19(23)9-18(21)10-25/h3-9,15-16H,10-14,25H2,1-2H3. The minimum atomic E-state index is -0.232. The molecule has 156 valence electrons. The van der Waals surface area contributed by atoms with Crippen LogP contribution in [0.1, 0.15) is 25.0 Å². The zero-order valence-corrected chi connectivity index (χ0v) is 17.5. The molecule has 2 unspecified atom stereocenters. The van der Waals surface area contributed by atoms with Gasteiger partial charge in [0, 0.05) is 48.8 Å². The molecule has 2 N–H and O–H groups in total. The van der Waals surface area contributed by atoms with Crippen LogP contribution >= 0.6 is 11.6 Å². The van der Waals surface area contributed by atoms with Crippen LogP contribution in [0.2, 0.25) is 5.02 Å². The third-order valence-corrected chi connectivity index (χ3v) is 5.56. The number of carbonyl (C=O) groups excluding carboxylic acids is 1. The summed E-state index contributed by atoms with van der Waals surface area (Å²) in [5, 5.41) is 0.587. The van der Waals surface area contributed by atoms with Crippen molar-refractivity contribution in [3.05, 3.63) is 64.4 Å². The van der Waals surface area contributed by atoms with E-state index in [1.807, 2.05) is 11.8 Å². The van der Waals surface area contributed by atoms with E-state index in [-0.39, 0.29) is 30.4 Å². The average molecular weight is 420 g/mol. The molecule has 1 amide bonds. The molecule has 1 fully saturated rings. The quantitative estimate of drug-likeness (QED) is 0.779. The van der Waals surface area contributed by atoms with Crippen molar-refractivity contribution in [1.82, 2.24) is 9.80 Å². The van der Waals surface area contributed by atoms with E-state index >= 15 is 0 Å². The summed E-state index contributed by atoms with van der Waals surface area (Å²) in [6, 6.07) is 12.0. The number of hydrogen-bond donors (Lipinski definition) is 1. The molecule has 1 saturated heterocycles. The first-order chi connectivity index (χ1) is 13.9. The topological polar surface area (TPSA) is 58.8 Å². The number of ether oxygens (including phenoxy) is 1. The first-order valence-corrected chi connectivity index (χ1v) is 10.1. The lowest BCUT2D eigenvalue weighted by Crippen LogP contribution is -2.58. The highest BCUT2D eigenvalue weighted by molar-refractivity contribution is 6.30. The second kappa shape index (κ2) is 9.57. The average Bonchev–Trinajstić information content (AvgIpc) is 2.70. The smallest absolute Gasteiger partial charge is 0.260 e. The Bertz CT molecular complexity index is 846. The number of halogens is 2. The van der Waals surface area contributed by atoms with Gasteiger partial charge in [0.25, 0.3) is 5.91 Å². The van der Waals surface area contributed by atoms with E-state index in [4.69, 9.17) is 22.1 Å². The van der Waals surface area contributed by atoms with Gasteiger partial charge >= 0.3 is 0 Å². The fourth-order valence-corrected chi connectivity index (χ4v) is 3.86. The van der Waals surface area contributed by atoms with Crippen molar-refractivity contribution in [1.29, 1.82) is 0 Å². The van der Waals surface area contributed by atoms with E-state index in [1.165, 1.54) is 12.1 Å². The number of rotatable bonds is 6. The summed E-state index contributed by atoms with van der Waals surface area (Å²) in [6.45, 7) is 6.49. The minimum absolute atomic E-state index is 0.0380. The molecule has 0 bridgehead atoms. The highest BCUT2D eigenvalue weighted by Crippen LogP contribution is 2.23. The Morgan fingerprint density at radius 3 is 2.59 bits per heavy atom. The van der Waals surface area contributed by atoms with Crippen LogP contribution in [-0.2, 0) is 17.9 Å². The lowest BCUT2D eigenvalue weighted by molar-refractivity contribution is -0.139. The fraction of sp³-hybridized carbons (Fsp3) is 0.409. The molecule has 1 heterocycles. The van der Waals surface area contributed by atoms with Gasteiger partial charge in [-0.15, -0.1) is 0 Å². The maximum Gasteiger partial charge on any atom is 0.260 e. The van der Waals surface area contributed by atoms with E-state index in [0.717, 1.165) is 24.2 Å². The largest absolute Gasteiger partial charge is 0.483 e. The molecule has 5 nitrogen and oxygen atoms in total. The lowest BCUT2D eigenvalue weighted by atomic mass is 10.1. The molecule has 0 spiro atoms. The Labute approximate surface area is 176 Å². The third-order valence-electron chi connectivity index (χ3n) is 5.33. The van der Waals surface area contributed by atoms with Crippen LogP contribution in [0, 0.1) is 5.82 Å². The minimum Gasteiger partial charge on any atom is -0.483 e. The fourth-order valence-electron chi connectivity index (χ4n) is 3.66. The van der Waals surface area contributed by atoms with Crippen molar-refractivity contribution in [2.75, 3.05) is 19.7 Å². The maximum absolute atomic E-state index is 13.1. The van der Waals surface area contributed by atoms with Crippen LogP contribution in [0.5, 0.6) is 5.75 Å². The third kappa shape index (κ3) is 5.47. The van der Waals surface area contributed by atoms with E-state index in [0.29, 0.717) is 23.9 Å². The summed E-state index contributed by atoms with van der Waals surface area (Å²) in [5.41, 5.74) is 7.57. The van der Waals surface area contributed by atoms with E-state index in [2.05, 4.69) is 11.8 Å². The number of benzene rings is 2. The molecular formula is C22H27ClFN3O2. The van der Waals surface area contributed by atoms with Crippen LogP contribution in [0.4, 0.5) is 4.39 Å². The van der Waals surface area contributed by atoms with Gasteiger partial charge in [0.05, 0.1) is 0 Å². The predicted molar refractivity (Wildman–Crippen MR) is 112 cm³/mol. The summed E-state index contributed by atoms with van der Waals surface area (Å²) in [4.78, 5) is 17.0. The Kier molecular flexibility index (Phi) is 7.11. The highest BCUT2D eigenvalue weighted by atomic mass is 35.5. The summed E-state index contributed by atoms with van der Waals surface area (Å²) < 4.78 is 18.9. The highest BCUT2D eigenvalue weighted by Gasteiger charge is 2.32. The van der Waals surface area contributed by atoms with Gasteiger partial charge in [0.15, 0.2) is 6.61 Å². The number of nitrogens with zero attached hydrogens (tertiary/aromatic N) is 2. The Balaban J connectivity index is 1.58. The van der Waals surface area contributed by atoms with Crippen LogP contribution in [0.15, 0.2) is 42.5 Å². The van der Waals surface area contributed by atoms with Crippen LogP contribution < -0.4 is 10.5 Å². The van der Waals surface area contributed by atoms with Gasteiger partial charge in [-0.2, -0.15) is 0 Å². The SMILES string of the molecule is CC1CN(C(=O)COc2ccc(Cl)cc2CN)C(C)CN1Cc1ccc(F)cc1. The van der Waals surface area contributed by atoms with Gasteiger partial charge in [-0.05, 0) is 49.7 Å². The van der Waals surface area contributed by atoms with E-state index in [9.17, 15) is 9.18 Å². The lowest BCUT2D eigenvalue weighted by Gasteiger charge is -2.44. The number of amides is 1. The molecule has 29 heavy (non-hydrogen) atoms. The molecule has 2 aromatic carbocycles. The molecule has 1 aliphatic heterocycles. The number of hydrogen-bond acceptors (Lipinski definition) is 4. The van der Waals surface area contributed by atoms with Gasteiger partial charge in [0.2, 0.25) is 0 Å². The molecule has 1 aliphatic rings. The summed E-state index contributed by atoms with van der Waals surface area (Å²) in [6.07, 6.45) is 0. The van der Waals surface area contributed by atoms with Gasteiger partial charge in [-0.3, -0.25) is 9.69 Å². The molecule has 0 aromatic heterocycles. The van der Waals surface area contributed by atoms with Gasteiger partial charge in [-0.1, -0.05) is 23.7 Å². The maximum atomic E-state index is 13.1.